The van der Waals surface area contributed by atoms with Gasteiger partial charge in [-0.05, 0) is 83.9 Å². The molecule has 4 heteroatoms. The predicted molar refractivity (Wildman–Crippen MR) is 238 cm³/mol. The third kappa shape index (κ3) is 4.84. The lowest BCUT2D eigenvalue weighted by molar-refractivity contribution is 1.13. The van der Waals surface area contributed by atoms with Gasteiger partial charge in [0.15, 0.2) is 0 Å². The molecule has 12 rings (SSSR count). The normalized spacial score (nSPS) is 11.9. The largest absolute Gasteiger partial charge is 0.309 e. The molecule has 12 aromatic rings. The monoisotopic (exact) mass is 726 g/mol. The Morgan fingerprint density at radius 2 is 0.561 bits per heavy atom. The van der Waals surface area contributed by atoms with Crippen molar-refractivity contribution in [3.05, 3.63) is 207 Å². The van der Waals surface area contributed by atoms with E-state index in [1.54, 1.807) is 0 Å². The molecule has 0 aliphatic rings. The number of hydrogen-bond acceptors (Lipinski definition) is 1. The van der Waals surface area contributed by atoms with Gasteiger partial charge in [-0.25, -0.2) is 0 Å². The van der Waals surface area contributed by atoms with Crippen LogP contribution < -0.4 is 0 Å². The summed E-state index contributed by atoms with van der Waals surface area (Å²) < 4.78 is 7.19. The molecule has 0 saturated carbocycles. The van der Waals surface area contributed by atoms with E-state index in [2.05, 4.69) is 208 Å². The Hall–Kier alpha value is -7.69. The fraction of sp³-hybridized carbons (Fsp3) is 0. The first-order valence-electron chi connectivity index (χ1n) is 19.5. The average Bonchev–Trinajstić information content (AvgIpc) is 3.92. The Balaban J connectivity index is 1.04. The van der Waals surface area contributed by atoms with E-state index in [0.717, 1.165) is 39.3 Å². The highest BCUT2D eigenvalue weighted by molar-refractivity contribution is 6.11. The predicted octanol–water partition coefficient (Wildman–Crippen LogP) is 13.7. The summed E-state index contributed by atoms with van der Waals surface area (Å²) in [6, 6.07) is 70.3. The van der Waals surface area contributed by atoms with Crippen molar-refractivity contribution in [3.63, 3.8) is 0 Å². The van der Waals surface area contributed by atoms with Crippen LogP contribution in [0.4, 0.5) is 0 Å². The van der Waals surface area contributed by atoms with Crippen molar-refractivity contribution < 1.29 is 0 Å². The molecule has 0 aliphatic carbocycles. The molecule has 0 radical (unpaired) electrons. The number of hydrogen-bond donors (Lipinski definition) is 0. The summed E-state index contributed by atoms with van der Waals surface area (Å²) in [4.78, 5) is 4.86. The van der Waals surface area contributed by atoms with Crippen LogP contribution >= 0.6 is 0 Å². The van der Waals surface area contributed by atoms with Crippen molar-refractivity contribution in [2.24, 2.45) is 0 Å². The van der Waals surface area contributed by atoms with Crippen molar-refractivity contribution in [2.75, 3.05) is 0 Å². The summed E-state index contributed by atoms with van der Waals surface area (Å²) in [7, 11) is 0. The summed E-state index contributed by atoms with van der Waals surface area (Å²) in [5.41, 5.74) is 14.8. The van der Waals surface area contributed by atoms with E-state index in [0.29, 0.717) is 0 Å². The van der Waals surface area contributed by atoms with Gasteiger partial charge in [-0.2, -0.15) is 0 Å². The summed E-state index contributed by atoms with van der Waals surface area (Å²) in [5, 5.41) is 7.49. The van der Waals surface area contributed by atoms with Crippen molar-refractivity contribution >= 4 is 65.4 Å². The maximum Gasteiger partial charge on any atom is 0.0541 e. The summed E-state index contributed by atoms with van der Waals surface area (Å²) >= 11 is 0. The summed E-state index contributed by atoms with van der Waals surface area (Å²) in [6.45, 7) is 0. The van der Waals surface area contributed by atoms with Crippen LogP contribution in [0.3, 0.4) is 0 Å². The standard InChI is InChI=1S/C53H34N4/c1-7-19-48-42(13-1)43-14-2-8-20-49(43)55(48)39-27-25-35(26-28-39)37-29-38(34-54-33-37)36-30-40(56-50-21-9-3-15-44(50)45-16-4-10-22-51(45)56)32-41(31-36)57-52-23-11-5-17-46(52)47-18-6-12-24-53(47)57/h1-34H. The first kappa shape index (κ1) is 31.6. The van der Waals surface area contributed by atoms with E-state index in [9.17, 15) is 0 Å². The Kier molecular flexibility index (Phi) is 6.89. The fourth-order valence-electron chi connectivity index (χ4n) is 9.18. The van der Waals surface area contributed by atoms with Crippen LogP contribution in [0.5, 0.6) is 0 Å². The third-order valence-electron chi connectivity index (χ3n) is 11.7. The van der Waals surface area contributed by atoms with Gasteiger partial charge in [-0.3, -0.25) is 4.98 Å². The van der Waals surface area contributed by atoms with Crippen LogP contribution in [0.25, 0.3) is 105 Å². The van der Waals surface area contributed by atoms with Gasteiger partial charge < -0.3 is 13.7 Å². The number of pyridine rings is 1. The van der Waals surface area contributed by atoms with Gasteiger partial charge in [-0.15, -0.1) is 0 Å². The van der Waals surface area contributed by atoms with Crippen LogP contribution in [-0.4, -0.2) is 18.7 Å². The third-order valence-corrected chi connectivity index (χ3v) is 11.7. The second-order valence-electron chi connectivity index (χ2n) is 14.9. The average molecular weight is 727 g/mol. The zero-order valence-electron chi connectivity index (χ0n) is 30.9. The summed E-state index contributed by atoms with van der Waals surface area (Å²) in [6.07, 6.45) is 3.97. The number of rotatable bonds is 5. The molecule has 0 atom stereocenters. The Labute approximate surface area is 328 Å². The molecule has 0 aliphatic heterocycles. The second-order valence-corrected chi connectivity index (χ2v) is 14.9. The molecular weight excluding hydrogens is 693 g/mol. The van der Waals surface area contributed by atoms with E-state index >= 15 is 0 Å². The zero-order chi connectivity index (χ0) is 37.5. The van der Waals surface area contributed by atoms with Gasteiger partial charge in [0.05, 0.1) is 33.1 Å². The van der Waals surface area contributed by atoms with E-state index in [4.69, 9.17) is 4.98 Å². The Morgan fingerprint density at radius 1 is 0.246 bits per heavy atom. The maximum atomic E-state index is 4.86. The van der Waals surface area contributed by atoms with Gasteiger partial charge >= 0.3 is 0 Å². The molecule has 4 aromatic heterocycles. The molecule has 4 heterocycles. The Morgan fingerprint density at radius 3 is 0.930 bits per heavy atom. The van der Waals surface area contributed by atoms with E-state index in [1.807, 2.05) is 12.4 Å². The topological polar surface area (TPSA) is 27.7 Å². The van der Waals surface area contributed by atoms with Crippen molar-refractivity contribution in [1.82, 2.24) is 18.7 Å². The lowest BCUT2D eigenvalue weighted by atomic mass is 10.0. The number of nitrogens with zero attached hydrogens (tertiary/aromatic N) is 4. The van der Waals surface area contributed by atoms with Gasteiger partial charge in [0.2, 0.25) is 0 Å². The lowest BCUT2D eigenvalue weighted by Gasteiger charge is -2.16. The van der Waals surface area contributed by atoms with Gasteiger partial charge in [-0.1, -0.05) is 121 Å². The number of benzene rings is 8. The second kappa shape index (κ2) is 12.4. The van der Waals surface area contributed by atoms with Crippen LogP contribution in [0.15, 0.2) is 207 Å². The van der Waals surface area contributed by atoms with Crippen LogP contribution in [0, 0.1) is 0 Å². The minimum atomic E-state index is 1.06. The van der Waals surface area contributed by atoms with Crippen LogP contribution in [-0.2, 0) is 0 Å². The van der Waals surface area contributed by atoms with Crippen LogP contribution in [0.1, 0.15) is 0 Å². The van der Waals surface area contributed by atoms with Crippen molar-refractivity contribution in [1.29, 1.82) is 0 Å². The maximum absolute atomic E-state index is 4.86. The summed E-state index contributed by atoms with van der Waals surface area (Å²) in [5.74, 6) is 0. The molecule has 4 nitrogen and oxygen atoms in total. The molecular formula is C53H34N4. The molecule has 0 unspecified atom stereocenters. The molecule has 266 valence electrons. The van der Waals surface area contributed by atoms with Gasteiger partial charge in [0.1, 0.15) is 0 Å². The molecule has 0 N–H and O–H groups in total. The fourth-order valence-corrected chi connectivity index (χ4v) is 9.18. The van der Waals surface area contributed by atoms with Gasteiger partial charge in [0.25, 0.3) is 0 Å². The molecule has 0 amide bonds. The number of para-hydroxylation sites is 6. The SMILES string of the molecule is c1ccc2c(c1)c1ccccc1n2-c1ccc(-c2cncc(-c3cc(-n4c5ccccc5c5ccccc54)cc(-n4c5ccccc5c5ccccc54)c3)c2)cc1. The Bertz CT molecular complexity index is 3230. The van der Waals surface area contributed by atoms with E-state index < -0.39 is 0 Å². The first-order valence-corrected chi connectivity index (χ1v) is 19.5. The zero-order valence-corrected chi connectivity index (χ0v) is 30.9. The minimum absolute atomic E-state index is 1.06. The van der Waals surface area contributed by atoms with Crippen LogP contribution in [0.2, 0.25) is 0 Å². The highest BCUT2D eigenvalue weighted by atomic mass is 15.0. The van der Waals surface area contributed by atoms with Crippen molar-refractivity contribution in [2.45, 2.75) is 0 Å². The smallest absolute Gasteiger partial charge is 0.0541 e. The molecule has 0 fully saturated rings. The van der Waals surface area contributed by atoms with Crippen molar-refractivity contribution in [3.8, 4) is 39.3 Å². The molecule has 0 saturated heterocycles. The molecule has 0 bridgehead atoms. The number of fused-ring (bicyclic) bond motifs is 9. The lowest BCUT2D eigenvalue weighted by Crippen LogP contribution is -2.00. The number of aromatic nitrogens is 4. The molecule has 57 heavy (non-hydrogen) atoms. The van der Waals surface area contributed by atoms with E-state index in [-0.39, 0.29) is 0 Å². The first-order chi connectivity index (χ1) is 28.3. The highest BCUT2D eigenvalue weighted by Gasteiger charge is 2.18. The van der Waals surface area contributed by atoms with Gasteiger partial charge in [0, 0.05) is 72.9 Å². The minimum Gasteiger partial charge on any atom is -0.309 e. The van der Waals surface area contributed by atoms with E-state index in [1.165, 1.54) is 65.4 Å². The highest BCUT2D eigenvalue weighted by Crippen LogP contribution is 2.39. The molecule has 0 spiro atoms. The molecule has 8 aromatic carbocycles. The quantitative estimate of drug-likeness (QED) is 0.174.